The zero-order valence-corrected chi connectivity index (χ0v) is 3.92. The molecule has 3 heteroatoms. The van der Waals surface area contributed by atoms with E-state index in [2.05, 4.69) is 6.92 Å². The molecule has 0 saturated heterocycles. The highest BCUT2D eigenvalue weighted by Crippen LogP contribution is 2.23. The van der Waals surface area contributed by atoms with Crippen LogP contribution in [0.4, 0.5) is 13.2 Å². The van der Waals surface area contributed by atoms with Crippen molar-refractivity contribution in [2.45, 2.75) is 13.1 Å². The highest BCUT2D eigenvalue weighted by atomic mass is 19.4. The minimum Gasteiger partial charge on any atom is -0.166 e. The lowest BCUT2D eigenvalue weighted by molar-refractivity contribution is -0.157. The van der Waals surface area contributed by atoms with Crippen LogP contribution in [0, 0.1) is 12.8 Å². The van der Waals surface area contributed by atoms with Crippen molar-refractivity contribution in [3.63, 3.8) is 0 Å². The fourth-order valence-electron chi connectivity index (χ4n) is 0. The van der Waals surface area contributed by atoms with Crippen molar-refractivity contribution in [2.24, 2.45) is 5.92 Å². The van der Waals surface area contributed by atoms with Crippen LogP contribution in [0.1, 0.15) is 6.92 Å². The van der Waals surface area contributed by atoms with Crippen LogP contribution in [0.2, 0.25) is 0 Å². The smallest absolute Gasteiger partial charge is 0.166 e. The first-order valence-electron chi connectivity index (χ1n) is 1.84. The van der Waals surface area contributed by atoms with Crippen molar-refractivity contribution >= 4 is 0 Å². The zero-order chi connectivity index (χ0) is 6.08. The molecule has 0 heterocycles. The van der Waals surface area contributed by atoms with Crippen molar-refractivity contribution in [2.75, 3.05) is 0 Å². The number of hydrogen-bond donors (Lipinski definition) is 0. The molecule has 0 aliphatic carbocycles. The Kier molecular flexibility index (Phi) is 1.56. The molecule has 0 spiro atoms. The maximum Gasteiger partial charge on any atom is 0.431 e. The Balaban J connectivity index is 3.54. The lowest BCUT2D eigenvalue weighted by Gasteiger charge is -2.01. The number of rotatable bonds is 0. The van der Waals surface area contributed by atoms with Gasteiger partial charge in [0.25, 0.3) is 0 Å². The summed E-state index contributed by atoms with van der Waals surface area (Å²) in [5, 5.41) is 0. The molecule has 0 aliphatic rings. The molecule has 0 fully saturated rings. The second kappa shape index (κ2) is 1.64. The van der Waals surface area contributed by atoms with Crippen LogP contribution in [-0.4, -0.2) is 6.18 Å². The van der Waals surface area contributed by atoms with E-state index in [1.807, 2.05) is 0 Å². The molecule has 1 atom stereocenters. The molecule has 0 saturated carbocycles. The molecule has 0 bridgehead atoms. The molecule has 0 rings (SSSR count). The van der Waals surface area contributed by atoms with Gasteiger partial charge in [0.05, 0.1) is 6.92 Å². The SMILES string of the molecule is [CH2+]C(C)C(F)(F)F. The Hall–Kier alpha value is -0.340. The topological polar surface area (TPSA) is 0 Å². The molecule has 0 N–H and O–H groups in total. The molecule has 0 aliphatic heterocycles. The Bertz CT molecular complexity index is 52.4. The van der Waals surface area contributed by atoms with Gasteiger partial charge >= 0.3 is 6.18 Å². The van der Waals surface area contributed by atoms with E-state index < -0.39 is 12.1 Å². The lowest BCUT2D eigenvalue weighted by Crippen LogP contribution is -2.15. The Morgan fingerprint density at radius 3 is 1.57 bits per heavy atom. The number of hydrogen-bond acceptors (Lipinski definition) is 0. The van der Waals surface area contributed by atoms with Gasteiger partial charge in [-0.15, -0.1) is 0 Å². The molecule has 7 heavy (non-hydrogen) atoms. The molecule has 0 nitrogen and oxygen atoms in total. The van der Waals surface area contributed by atoms with Crippen molar-refractivity contribution in [3.05, 3.63) is 6.92 Å². The van der Waals surface area contributed by atoms with Gasteiger partial charge in [-0.3, -0.25) is 0 Å². The zero-order valence-electron chi connectivity index (χ0n) is 3.92. The third kappa shape index (κ3) is 2.37. The Labute approximate surface area is 40.3 Å². The van der Waals surface area contributed by atoms with E-state index in [1.165, 1.54) is 0 Å². The fraction of sp³-hybridized carbons (Fsp3) is 0.750. The molecule has 0 aromatic heterocycles. The molecule has 0 aromatic carbocycles. The van der Waals surface area contributed by atoms with Crippen LogP contribution in [0.15, 0.2) is 0 Å². The molecule has 0 aromatic rings. The summed E-state index contributed by atoms with van der Waals surface area (Å²) in [4.78, 5) is 0. The minimum atomic E-state index is -4.11. The second-order valence-corrected chi connectivity index (χ2v) is 1.44. The quantitative estimate of drug-likeness (QED) is 0.419. The summed E-state index contributed by atoms with van der Waals surface area (Å²) in [5.74, 6) is -1.45. The number of halogens is 3. The molecule has 1 unspecified atom stereocenters. The van der Waals surface area contributed by atoms with Gasteiger partial charge in [0.1, 0.15) is 0 Å². The third-order valence-electron chi connectivity index (χ3n) is 0.559. The van der Waals surface area contributed by atoms with E-state index in [-0.39, 0.29) is 0 Å². The first-order valence-corrected chi connectivity index (χ1v) is 1.84. The highest BCUT2D eigenvalue weighted by molar-refractivity contribution is 4.61. The van der Waals surface area contributed by atoms with Crippen LogP contribution in [0.25, 0.3) is 0 Å². The highest BCUT2D eigenvalue weighted by Gasteiger charge is 2.37. The van der Waals surface area contributed by atoms with Gasteiger partial charge in [-0.05, 0) is 6.92 Å². The van der Waals surface area contributed by atoms with E-state index in [0.717, 1.165) is 6.92 Å². The number of alkyl halides is 3. The van der Waals surface area contributed by atoms with E-state index in [1.54, 1.807) is 0 Å². The van der Waals surface area contributed by atoms with Gasteiger partial charge in [0, 0.05) is 0 Å². The molecule has 42 valence electrons. The van der Waals surface area contributed by atoms with Crippen molar-refractivity contribution in [1.82, 2.24) is 0 Å². The molecular weight excluding hydrogens is 105 g/mol. The van der Waals surface area contributed by atoms with Crippen molar-refractivity contribution in [1.29, 1.82) is 0 Å². The maximum atomic E-state index is 11.1. The molecular formula is C4H6F3+. The van der Waals surface area contributed by atoms with Crippen molar-refractivity contribution < 1.29 is 13.2 Å². The third-order valence-corrected chi connectivity index (χ3v) is 0.559. The van der Waals surface area contributed by atoms with E-state index >= 15 is 0 Å². The van der Waals surface area contributed by atoms with Gasteiger partial charge in [0.2, 0.25) is 0 Å². The van der Waals surface area contributed by atoms with Crippen molar-refractivity contribution in [3.8, 4) is 0 Å². The fourth-order valence-corrected chi connectivity index (χ4v) is 0. The van der Waals surface area contributed by atoms with Crippen LogP contribution < -0.4 is 0 Å². The van der Waals surface area contributed by atoms with Gasteiger partial charge in [-0.1, -0.05) is 0 Å². The monoisotopic (exact) mass is 111 g/mol. The minimum absolute atomic E-state index is 1.01. The summed E-state index contributed by atoms with van der Waals surface area (Å²) in [5.41, 5.74) is 0. The van der Waals surface area contributed by atoms with Crippen LogP contribution >= 0.6 is 0 Å². The summed E-state index contributed by atoms with van der Waals surface area (Å²) >= 11 is 0. The summed E-state index contributed by atoms with van der Waals surface area (Å²) in [6, 6.07) is 0. The van der Waals surface area contributed by atoms with Gasteiger partial charge in [-0.25, -0.2) is 0 Å². The largest absolute Gasteiger partial charge is 0.431 e. The Morgan fingerprint density at radius 2 is 1.57 bits per heavy atom. The summed E-state index contributed by atoms with van der Waals surface area (Å²) in [6.45, 7) is 3.80. The normalized spacial score (nSPS) is 16.6. The average molecular weight is 111 g/mol. The summed E-state index contributed by atoms with van der Waals surface area (Å²) in [6.07, 6.45) is -4.11. The van der Waals surface area contributed by atoms with E-state index in [9.17, 15) is 13.2 Å². The predicted octanol–water partition coefficient (Wildman–Crippen LogP) is 2.02. The van der Waals surface area contributed by atoms with E-state index in [4.69, 9.17) is 0 Å². The standard InChI is InChI=1S/C4H6F3/c1-3(2)4(5,6)7/h3H,1H2,2H3/q+1. The lowest BCUT2D eigenvalue weighted by atomic mass is 10.2. The first-order chi connectivity index (χ1) is 2.94. The van der Waals surface area contributed by atoms with E-state index in [0.29, 0.717) is 0 Å². The van der Waals surface area contributed by atoms with Gasteiger partial charge in [0.15, 0.2) is 5.92 Å². The molecule has 0 amide bonds. The summed E-state index contributed by atoms with van der Waals surface area (Å²) in [7, 11) is 0. The maximum absolute atomic E-state index is 11.1. The predicted molar refractivity (Wildman–Crippen MR) is 20.6 cm³/mol. The second-order valence-electron chi connectivity index (χ2n) is 1.44. The average Bonchev–Trinajstić information content (AvgIpc) is 1.31. The van der Waals surface area contributed by atoms with Crippen LogP contribution in [0.3, 0.4) is 0 Å². The Morgan fingerprint density at radius 1 is 1.43 bits per heavy atom. The first kappa shape index (κ1) is 6.66. The molecule has 0 radical (unpaired) electrons. The van der Waals surface area contributed by atoms with Crippen LogP contribution in [-0.2, 0) is 0 Å². The van der Waals surface area contributed by atoms with Crippen LogP contribution in [0.5, 0.6) is 0 Å². The summed E-state index contributed by atoms with van der Waals surface area (Å²) < 4.78 is 33.3. The van der Waals surface area contributed by atoms with Gasteiger partial charge < -0.3 is 0 Å². The van der Waals surface area contributed by atoms with Gasteiger partial charge in [-0.2, -0.15) is 13.2 Å².